The molecule has 2 aromatic rings. The fourth-order valence-corrected chi connectivity index (χ4v) is 3.56. The molecule has 2 amide bonds. The largest absolute Gasteiger partial charge is 0.496 e. The van der Waals surface area contributed by atoms with Crippen molar-refractivity contribution in [3.63, 3.8) is 0 Å². The Balaban J connectivity index is 1.78. The van der Waals surface area contributed by atoms with Gasteiger partial charge in [0.1, 0.15) is 12.0 Å². The maximum absolute atomic E-state index is 12.6. The van der Waals surface area contributed by atoms with Crippen LogP contribution in [0.2, 0.25) is 0 Å². The quantitative estimate of drug-likeness (QED) is 0.474. The minimum absolute atomic E-state index is 0.221. The molecule has 0 aliphatic carbocycles. The molecule has 0 radical (unpaired) electrons. The van der Waals surface area contributed by atoms with Crippen molar-refractivity contribution in [2.24, 2.45) is 0 Å². The summed E-state index contributed by atoms with van der Waals surface area (Å²) in [5.41, 5.74) is 4.11. The number of benzene rings is 2. The van der Waals surface area contributed by atoms with Crippen LogP contribution >= 0.6 is 24.0 Å². The third-order valence-corrected chi connectivity index (χ3v) is 5.03. The molecular formula is C19H14N2O4S2. The lowest BCUT2D eigenvalue weighted by molar-refractivity contribution is -0.123. The Bertz CT molecular complexity index is 954. The number of hydrogen-bond donors (Lipinski definition) is 1. The van der Waals surface area contributed by atoms with Gasteiger partial charge < -0.3 is 4.74 Å². The van der Waals surface area contributed by atoms with Gasteiger partial charge in [-0.15, -0.1) is 0 Å². The number of hydrogen-bond acceptors (Lipinski definition) is 6. The number of amides is 2. The molecule has 0 unspecified atom stereocenters. The van der Waals surface area contributed by atoms with Crippen LogP contribution in [0.1, 0.15) is 26.3 Å². The molecule has 1 aliphatic heterocycles. The number of thiocarbonyl (C=S) groups is 1. The van der Waals surface area contributed by atoms with E-state index in [1.54, 1.807) is 54.6 Å². The smallest absolute Gasteiger partial charge is 0.285 e. The molecule has 1 aliphatic rings. The predicted octanol–water partition coefficient (Wildman–Crippen LogP) is 3.05. The van der Waals surface area contributed by atoms with Crippen LogP contribution in [0.3, 0.4) is 0 Å². The first-order valence-electron chi connectivity index (χ1n) is 7.80. The molecule has 6 nitrogen and oxygen atoms in total. The summed E-state index contributed by atoms with van der Waals surface area (Å²) in [6, 6.07) is 13.5. The summed E-state index contributed by atoms with van der Waals surface area (Å²) in [7, 11) is 1.46. The highest BCUT2D eigenvalue weighted by atomic mass is 32.2. The number of aldehydes is 1. The van der Waals surface area contributed by atoms with Gasteiger partial charge in [0.05, 0.1) is 17.6 Å². The first-order valence-corrected chi connectivity index (χ1v) is 9.03. The Morgan fingerprint density at radius 2 is 1.81 bits per heavy atom. The number of rotatable bonds is 5. The number of carbonyl (C=O) groups is 3. The third kappa shape index (κ3) is 4.07. The van der Waals surface area contributed by atoms with Crippen LogP contribution in [-0.2, 0) is 4.79 Å². The van der Waals surface area contributed by atoms with Crippen LogP contribution < -0.4 is 10.2 Å². The molecule has 136 valence electrons. The average molecular weight is 398 g/mol. The zero-order chi connectivity index (χ0) is 19.4. The minimum atomic E-state index is -0.500. The summed E-state index contributed by atoms with van der Waals surface area (Å²) in [6.45, 7) is 0. The fraction of sp³-hybridized carbons (Fsp3) is 0.0526. The topological polar surface area (TPSA) is 75.7 Å². The van der Waals surface area contributed by atoms with Crippen LogP contribution in [0, 0.1) is 0 Å². The van der Waals surface area contributed by atoms with Crippen molar-refractivity contribution in [2.75, 3.05) is 7.11 Å². The van der Waals surface area contributed by atoms with Crippen molar-refractivity contribution in [1.29, 1.82) is 0 Å². The molecule has 1 saturated heterocycles. The van der Waals surface area contributed by atoms with Gasteiger partial charge in [-0.05, 0) is 36.0 Å². The van der Waals surface area contributed by atoms with Gasteiger partial charge in [-0.2, -0.15) is 5.01 Å². The SMILES string of the molecule is COc1ccccc1C(=O)NN1C(=O)/C(=C\c2ccc(C=O)cc2)SC1=S. The molecule has 8 heteroatoms. The third-order valence-electron chi connectivity index (χ3n) is 3.73. The normalized spacial score (nSPS) is 15.1. The van der Waals surface area contributed by atoms with Gasteiger partial charge in [-0.25, -0.2) is 0 Å². The summed E-state index contributed by atoms with van der Waals surface area (Å²) in [5.74, 6) is -0.528. The van der Waals surface area contributed by atoms with E-state index in [9.17, 15) is 14.4 Å². The van der Waals surface area contributed by atoms with Crippen molar-refractivity contribution < 1.29 is 19.1 Å². The molecule has 0 bridgehead atoms. The number of nitrogens with one attached hydrogen (secondary N) is 1. The maximum atomic E-state index is 12.6. The molecule has 2 aromatic carbocycles. The minimum Gasteiger partial charge on any atom is -0.496 e. The van der Waals surface area contributed by atoms with Gasteiger partial charge in [-0.1, -0.05) is 48.2 Å². The molecule has 1 heterocycles. The maximum Gasteiger partial charge on any atom is 0.285 e. The van der Waals surface area contributed by atoms with Crippen molar-refractivity contribution >= 4 is 52.5 Å². The van der Waals surface area contributed by atoms with Crippen LogP contribution in [0.15, 0.2) is 53.4 Å². The molecule has 0 atom stereocenters. The molecule has 0 spiro atoms. The summed E-state index contributed by atoms with van der Waals surface area (Å²) < 4.78 is 5.39. The number of para-hydroxylation sites is 1. The molecule has 0 aromatic heterocycles. The summed E-state index contributed by atoms with van der Waals surface area (Å²) in [6.07, 6.45) is 2.40. The molecule has 3 rings (SSSR count). The monoisotopic (exact) mass is 398 g/mol. The van der Waals surface area contributed by atoms with E-state index in [0.29, 0.717) is 21.8 Å². The van der Waals surface area contributed by atoms with Gasteiger partial charge in [0.15, 0.2) is 4.32 Å². The zero-order valence-corrected chi connectivity index (χ0v) is 15.8. The molecule has 27 heavy (non-hydrogen) atoms. The Labute approximate surface area is 165 Å². The van der Waals surface area contributed by atoms with Crippen molar-refractivity contribution in [3.05, 3.63) is 70.1 Å². The molecule has 0 saturated carbocycles. The van der Waals surface area contributed by atoms with E-state index >= 15 is 0 Å². The Hall–Kier alpha value is -2.97. The van der Waals surface area contributed by atoms with Crippen LogP contribution in [0.25, 0.3) is 6.08 Å². The number of nitrogens with zero attached hydrogens (tertiary/aromatic N) is 1. The number of ether oxygens (including phenoxy) is 1. The van der Waals surface area contributed by atoms with Gasteiger partial charge in [0, 0.05) is 5.56 Å². The molecule has 1 N–H and O–H groups in total. The van der Waals surface area contributed by atoms with Crippen molar-refractivity contribution in [2.45, 2.75) is 0 Å². The van der Waals surface area contributed by atoms with Gasteiger partial charge in [0.2, 0.25) is 0 Å². The van der Waals surface area contributed by atoms with Crippen molar-refractivity contribution in [3.8, 4) is 5.75 Å². The second kappa shape index (κ2) is 8.15. The summed E-state index contributed by atoms with van der Waals surface area (Å²) in [4.78, 5) is 36.2. The van der Waals surface area contributed by atoms with Crippen LogP contribution in [0.5, 0.6) is 5.75 Å². The predicted molar refractivity (Wildman–Crippen MR) is 107 cm³/mol. The van der Waals surface area contributed by atoms with Gasteiger partial charge in [-0.3, -0.25) is 19.8 Å². The Morgan fingerprint density at radius 1 is 1.15 bits per heavy atom. The highest BCUT2D eigenvalue weighted by Gasteiger charge is 2.34. The van der Waals surface area contributed by atoms with Crippen LogP contribution in [0.4, 0.5) is 0 Å². The second-order valence-corrected chi connectivity index (χ2v) is 7.12. The highest BCUT2D eigenvalue weighted by molar-refractivity contribution is 8.26. The second-order valence-electron chi connectivity index (χ2n) is 5.44. The van der Waals surface area contributed by atoms with E-state index in [1.165, 1.54) is 7.11 Å². The number of carbonyl (C=O) groups excluding carboxylic acids is 3. The number of methoxy groups -OCH3 is 1. The molecular weight excluding hydrogens is 384 g/mol. The van der Waals surface area contributed by atoms with E-state index in [0.717, 1.165) is 28.6 Å². The standard InChI is InChI=1S/C19H14N2O4S2/c1-25-15-5-3-2-4-14(15)17(23)20-21-18(24)16(27-19(21)26)10-12-6-8-13(11-22)9-7-12/h2-11H,1H3,(H,20,23)/b16-10+. The lowest BCUT2D eigenvalue weighted by Crippen LogP contribution is -2.44. The molecule has 1 fully saturated rings. The number of hydrazine groups is 1. The Morgan fingerprint density at radius 3 is 2.48 bits per heavy atom. The first kappa shape index (κ1) is 18.8. The lowest BCUT2D eigenvalue weighted by atomic mass is 10.1. The van der Waals surface area contributed by atoms with E-state index < -0.39 is 11.8 Å². The first-order chi connectivity index (χ1) is 13.0. The summed E-state index contributed by atoms with van der Waals surface area (Å²) in [5, 5.41) is 1.04. The number of thioether (sulfide) groups is 1. The average Bonchev–Trinajstić information content (AvgIpc) is 2.95. The van der Waals surface area contributed by atoms with E-state index in [-0.39, 0.29) is 4.32 Å². The zero-order valence-electron chi connectivity index (χ0n) is 14.2. The van der Waals surface area contributed by atoms with Gasteiger partial charge in [0.25, 0.3) is 11.8 Å². The van der Waals surface area contributed by atoms with Crippen molar-refractivity contribution in [1.82, 2.24) is 10.4 Å². The van der Waals surface area contributed by atoms with Crippen LogP contribution in [-0.4, -0.2) is 34.5 Å². The van der Waals surface area contributed by atoms with E-state index in [2.05, 4.69) is 5.43 Å². The fourth-order valence-electron chi connectivity index (χ4n) is 2.38. The van der Waals surface area contributed by atoms with E-state index in [1.807, 2.05) is 0 Å². The lowest BCUT2D eigenvalue weighted by Gasteiger charge is -2.16. The Kier molecular flexibility index (Phi) is 5.68. The highest BCUT2D eigenvalue weighted by Crippen LogP contribution is 2.31. The van der Waals surface area contributed by atoms with E-state index in [4.69, 9.17) is 17.0 Å². The van der Waals surface area contributed by atoms with Gasteiger partial charge >= 0.3 is 0 Å². The summed E-state index contributed by atoms with van der Waals surface area (Å²) >= 11 is 6.30.